The fourth-order valence-electron chi connectivity index (χ4n) is 1.66. The molecule has 1 heterocycles. The van der Waals surface area contributed by atoms with Crippen molar-refractivity contribution < 1.29 is 4.74 Å². The van der Waals surface area contributed by atoms with Gasteiger partial charge in [-0.2, -0.15) is 0 Å². The van der Waals surface area contributed by atoms with Crippen molar-refractivity contribution in [1.82, 2.24) is 4.90 Å². The van der Waals surface area contributed by atoms with Crippen molar-refractivity contribution in [3.8, 4) is 0 Å². The van der Waals surface area contributed by atoms with Gasteiger partial charge in [0.15, 0.2) is 0 Å². The van der Waals surface area contributed by atoms with E-state index < -0.39 is 0 Å². The van der Waals surface area contributed by atoms with Gasteiger partial charge in [0.2, 0.25) is 0 Å². The zero-order chi connectivity index (χ0) is 10.4. The summed E-state index contributed by atoms with van der Waals surface area (Å²) in [5.74, 6) is 0. The second-order valence-electron chi connectivity index (χ2n) is 3.64. The number of rotatable bonds is 4. The predicted octanol–water partition coefficient (Wildman–Crippen LogP) is 2.01. The highest BCUT2D eigenvalue weighted by atomic mass is 16.5. The second-order valence-corrected chi connectivity index (χ2v) is 3.64. The first kappa shape index (κ1) is 11.2. The van der Waals surface area contributed by atoms with Crippen LogP contribution in [0.1, 0.15) is 6.42 Å². The fourth-order valence-corrected chi connectivity index (χ4v) is 1.66. The average Bonchev–Trinajstić information content (AvgIpc) is 2.18. The molecular weight excluding hydrogens is 174 g/mol. The molecule has 0 saturated carbocycles. The number of hydrogen-bond donors (Lipinski definition) is 0. The normalized spacial score (nSPS) is 19.3. The van der Waals surface area contributed by atoms with Gasteiger partial charge in [0, 0.05) is 20.2 Å². The maximum absolute atomic E-state index is 5.19. The maximum atomic E-state index is 5.19. The molecule has 0 aromatic heterocycles. The van der Waals surface area contributed by atoms with Gasteiger partial charge in [0.25, 0.3) is 0 Å². The molecule has 0 saturated heterocycles. The summed E-state index contributed by atoms with van der Waals surface area (Å²) in [6, 6.07) is 0. The summed E-state index contributed by atoms with van der Waals surface area (Å²) in [5.41, 5.74) is 2.80. The summed E-state index contributed by atoms with van der Waals surface area (Å²) in [5, 5.41) is 0. The summed E-state index contributed by atoms with van der Waals surface area (Å²) in [6.45, 7) is 6.58. The van der Waals surface area contributed by atoms with Crippen molar-refractivity contribution in [3.63, 3.8) is 0 Å². The molecule has 0 N–H and O–H groups in total. The Bertz CT molecular complexity index is 253. The number of hydrogen-bond acceptors (Lipinski definition) is 2. The van der Waals surface area contributed by atoms with Gasteiger partial charge < -0.3 is 9.64 Å². The largest absolute Gasteiger partial charge is 0.380 e. The minimum Gasteiger partial charge on any atom is -0.380 e. The van der Waals surface area contributed by atoms with E-state index in [9.17, 15) is 0 Å². The average molecular weight is 193 g/mol. The molecule has 1 aliphatic rings. The summed E-state index contributed by atoms with van der Waals surface area (Å²) >= 11 is 0. The smallest absolute Gasteiger partial charge is 0.0679 e. The summed E-state index contributed by atoms with van der Waals surface area (Å²) < 4.78 is 5.19. The lowest BCUT2D eigenvalue weighted by molar-refractivity contribution is 0.214. The lowest BCUT2D eigenvalue weighted by atomic mass is 10.0. The molecule has 0 aliphatic carbocycles. The minimum absolute atomic E-state index is 0.755. The number of allylic oxidation sites excluding steroid dienone is 2. The molecule has 2 nitrogen and oxygen atoms in total. The summed E-state index contributed by atoms with van der Waals surface area (Å²) in [4.78, 5) is 2.32. The van der Waals surface area contributed by atoms with Crippen molar-refractivity contribution >= 4 is 0 Å². The number of methoxy groups -OCH3 is 1. The van der Waals surface area contributed by atoms with E-state index in [2.05, 4.69) is 24.6 Å². The van der Waals surface area contributed by atoms with Gasteiger partial charge in [-0.15, -0.1) is 0 Å². The van der Waals surface area contributed by atoms with Crippen LogP contribution in [-0.2, 0) is 4.74 Å². The lowest BCUT2D eigenvalue weighted by Gasteiger charge is -2.26. The Labute approximate surface area is 86.6 Å². The highest BCUT2D eigenvalue weighted by Gasteiger charge is 2.13. The van der Waals surface area contributed by atoms with Gasteiger partial charge in [-0.3, -0.25) is 0 Å². The van der Waals surface area contributed by atoms with Crippen LogP contribution in [0.4, 0.5) is 0 Å². The highest BCUT2D eigenvalue weighted by molar-refractivity contribution is 5.31. The third-order valence-electron chi connectivity index (χ3n) is 2.44. The van der Waals surface area contributed by atoms with Crippen molar-refractivity contribution in [2.75, 3.05) is 33.9 Å². The van der Waals surface area contributed by atoms with Gasteiger partial charge >= 0.3 is 0 Å². The van der Waals surface area contributed by atoms with Gasteiger partial charge in [0.05, 0.1) is 6.61 Å². The van der Waals surface area contributed by atoms with Crippen LogP contribution in [0.3, 0.4) is 0 Å². The molecule has 14 heavy (non-hydrogen) atoms. The molecular formula is C12H19NO. The van der Waals surface area contributed by atoms with E-state index >= 15 is 0 Å². The Morgan fingerprint density at radius 3 is 3.00 bits per heavy atom. The van der Waals surface area contributed by atoms with Gasteiger partial charge in [-0.1, -0.05) is 24.8 Å². The minimum atomic E-state index is 0.755. The van der Waals surface area contributed by atoms with E-state index in [1.165, 1.54) is 11.1 Å². The Balaban J connectivity index is 2.76. The van der Waals surface area contributed by atoms with Gasteiger partial charge in [-0.05, 0) is 24.6 Å². The van der Waals surface area contributed by atoms with Crippen LogP contribution in [0.2, 0.25) is 0 Å². The van der Waals surface area contributed by atoms with Crippen LogP contribution in [0.5, 0.6) is 0 Å². The Morgan fingerprint density at radius 2 is 2.36 bits per heavy atom. The molecule has 2 heteroatoms. The third kappa shape index (κ3) is 3.13. The van der Waals surface area contributed by atoms with Crippen LogP contribution < -0.4 is 0 Å². The van der Waals surface area contributed by atoms with Crippen molar-refractivity contribution in [2.24, 2.45) is 0 Å². The molecule has 0 fully saturated rings. The van der Waals surface area contributed by atoms with Crippen LogP contribution in [-0.4, -0.2) is 38.8 Å². The molecule has 1 rings (SSSR count). The molecule has 0 aromatic carbocycles. The van der Waals surface area contributed by atoms with E-state index in [0.717, 1.165) is 26.1 Å². The summed E-state index contributed by atoms with van der Waals surface area (Å²) in [7, 11) is 3.89. The maximum Gasteiger partial charge on any atom is 0.0679 e. The van der Waals surface area contributed by atoms with E-state index in [-0.39, 0.29) is 0 Å². The van der Waals surface area contributed by atoms with Gasteiger partial charge in [0.1, 0.15) is 0 Å². The van der Waals surface area contributed by atoms with Crippen LogP contribution in [0.25, 0.3) is 0 Å². The molecule has 0 radical (unpaired) electrons. The Hall–Kier alpha value is -0.860. The van der Waals surface area contributed by atoms with Crippen molar-refractivity contribution in [2.45, 2.75) is 6.42 Å². The van der Waals surface area contributed by atoms with Crippen LogP contribution >= 0.6 is 0 Å². The molecule has 0 bridgehead atoms. The molecule has 78 valence electrons. The van der Waals surface area contributed by atoms with Gasteiger partial charge in [-0.25, -0.2) is 0 Å². The number of nitrogens with zero attached hydrogens (tertiary/aromatic N) is 1. The SMILES string of the molecule is C=C/C=C\C1=C(COC)CCN(C)C1. The van der Waals surface area contributed by atoms with E-state index in [4.69, 9.17) is 4.74 Å². The first-order valence-electron chi connectivity index (χ1n) is 4.95. The van der Waals surface area contributed by atoms with Crippen LogP contribution in [0.15, 0.2) is 36.0 Å². The molecule has 0 amide bonds. The highest BCUT2D eigenvalue weighted by Crippen LogP contribution is 2.18. The summed E-state index contributed by atoms with van der Waals surface area (Å²) in [6.07, 6.45) is 7.05. The zero-order valence-corrected chi connectivity index (χ0v) is 9.12. The molecule has 1 aliphatic heterocycles. The standard InChI is InChI=1S/C12H19NO/c1-4-5-6-11-9-13(2)8-7-12(11)10-14-3/h4-6H,1,7-10H2,2-3H3/b6-5-. The monoisotopic (exact) mass is 193 g/mol. The zero-order valence-electron chi connectivity index (χ0n) is 9.12. The Morgan fingerprint density at radius 1 is 1.57 bits per heavy atom. The first-order chi connectivity index (χ1) is 6.77. The lowest BCUT2D eigenvalue weighted by Crippen LogP contribution is -2.28. The molecule has 0 unspecified atom stereocenters. The fraction of sp³-hybridized carbons (Fsp3) is 0.500. The molecule has 0 aromatic rings. The van der Waals surface area contributed by atoms with Crippen LogP contribution in [0, 0.1) is 0 Å². The predicted molar refractivity (Wildman–Crippen MR) is 60.4 cm³/mol. The van der Waals surface area contributed by atoms with E-state index in [0.29, 0.717) is 0 Å². The number of ether oxygens (including phenoxy) is 1. The quantitative estimate of drug-likeness (QED) is 0.633. The molecule has 0 atom stereocenters. The molecule has 0 spiro atoms. The van der Waals surface area contributed by atoms with Crippen molar-refractivity contribution in [1.29, 1.82) is 0 Å². The second kappa shape index (κ2) is 5.78. The van der Waals surface area contributed by atoms with E-state index in [1.807, 2.05) is 12.2 Å². The topological polar surface area (TPSA) is 12.5 Å². The van der Waals surface area contributed by atoms with Crippen molar-refractivity contribution in [3.05, 3.63) is 36.0 Å². The first-order valence-corrected chi connectivity index (χ1v) is 4.95. The third-order valence-corrected chi connectivity index (χ3v) is 2.44. The Kier molecular flexibility index (Phi) is 4.63. The van der Waals surface area contributed by atoms with E-state index in [1.54, 1.807) is 7.11 Å². The number of likely N-dealkylation sites (N-methyl/N-ethyl adjacent to an activating group) is 1.